The van der Waals surface area contributed by atoms with E-state index in [0.717, 1.165) is 32.2 Å². The molecular formula is C20H27FN4O. The maximum atomic E-state index is 12.8. The summed E-state index contributed by atoms with van der Waals surface area (Å²) in [5.41, 5.74) is 0.476. The lowest BCUT2D eigenvalue weighted by atomic mass is 9.50. The molecule has 0 aromatic carbocycles. The van der Waals surface area contributed by atoms with Gasteiger partial charge in [0.15, 0.2) is 5.82 Å². The van der Waals surface area contributed by atoms with Gasteiger partial charge in [-0.3, -0.25) is 4.79 Å². The number of carbonyl (C=O) groups excluding carboxylic acids is 1. The Morgan fingerprint density at radius 2 is 1.85 bits per heavy atom. The van der Waals surface area contributed by atoms with Gasteiger partial charge >= 0.3 is 0 Å². The number of nitrogens with zero attached hydrogens (tertiary/aromatic N) is 2. The first-order chi connectivity index (χ1) is 12.6. The van der Waals surface area contributed by atoms with Crippen molar-refractivity contribution in [2.45, 2.75) is 63.8 Å². The van der Waals surface area contributed by atoms with Crippen molar-refractivity contribution in [1.82, 2.24) is 15.3 Å². The molecule has 26 heavy (non-hydrogen) atoms. The van der Waals surface area contributed by atoms with E-state index in [2.05, 4.69) is 20.6 Å². The summed E-state index contributed by atoms with van der Waals surface area (Å²) in [5, 5.41) is 6.57. The van der Waals surface area contributed by atoms with Crippen LogP contribution in [0, 0.1) is 28.5 Å². The van der Waals surface area contributed by atoms with Gasteiger partial charge in [0.1, 0.15) is 0 Å². The van der Waals surface area contributed by atoms with Crippen molar-refractivity contribution >= 4 is 11.9 Å². The largest absolute Gasteiger partial charge is 0.354 e. The number of hydrogen-bond donors (Lipinski definition) is 2. The van der Waals surface area contributed by atoms with Crippen LogP contribution in [-0.2, 0) is 4.79 Å². The predicted octanol–water partition coefficient (Wildman–Crippen LogP) is 3.28. The number of hydrogen-bond acceptors (Lipinski definition) is 4. The number of nitrogens with one attached hydrogen (secondary N) is 2. The molecule has 4 saturated carbocycles. The third-order valence-corrected chi connectivity index (χ3v) is 7.36. The fraction of sp³-hybridized carbons (Fsp3) is 0.750. The van der Waals surface area contributed by atoms with Crippen LogP contribution in [-0.4, -0.2) is 28.5 Å². The molecule has 0 radical (unpaired) electrons. The van der Waals surface area contributed by atoms with Gasteiger partial charge in [-0.2, -0.15) is 0 Å². The molecule has 1 amide bonds. The van der Waals surface area contributed by atoms with E-state index in [1.807, 2.05) is 0 Å². The van der Waals surface area contributed by atoms with E-state index < -0.39 is 5.82 Å². The molecule has 0 atom stereocenters. The highest BCUT2D eigenvalue weighted by molar-refractivity contribution is 5.84. The molecule has 4 aliphatic carbocycles. The highest BCUT2D eigenvalue weighted by atomic mass is 19.1. The summed E-state index contributed by atoms with van der Waals surface area (Å²) in [5.74, 6) is 1.75. The van der Waals surface area contributed by atoms with Crippen LogP contribution in [0.5, 0.6) is 0 Å². The SMILES string of the molecule is O=C(NC1CC2(CC(CNc3ncc(F)cn3)C2)C1)C1(C2CC2)CCC1. The van der Waals surface area contributed by atoms with Crippen molar-refractivity contribution in [3.63, 3.8) is 0 Å². The molecule has 5 rings (SSSR count). The van der Waals surface area contributed by atoms with E-state index in [4.69, 9.17) is 0 Å². The highest BCUT2D eigenvalue weighted by Gasteiger charge is 2.57. The van der Waals surface area contributed by atoms with E-state index in [9.17, 15) is 9.18 Å². The van der Waals surface area contributed by atoms with Crippen molar-refractivity contribution in [3.8, 4) is 0 Å². The number of amides is 1. The van der Waals surface area contributed by atoms with Gasteiger partial charge in [0.25, 0.3) is 0 Å². The van der Waals surface area contributed by atoms with Crippen LogP contribution in [0.4, 0.5) is 10.3 Å². The monoisotopic (exact) mass is 358 g/mol. The maximum absolute atomic E-state index is 12.8. The summed E-state index contributed by atoms with van der Waals surface area (Å²) in [7, 11) is 0. The maximum Gasteiger partial charge on any atom is 0.226 e. The van der Waals surface area contributed by atoms with Gasteiger partial charge in [0.2, 0.25) is 11.9 Å². The van der Waals surface area contributed by atoms with Crippen LogP contribution >= 0.6 is 0 Å². The molecular weight excluding hydrogens is 331 g/mol. The standard InChI is InChI=1S/C20H27FN4O/c21-15-11-23-18(24-12-15)22-10-13-6-19(7-13)8-16(9-19)25-17(26)20(4-1-5-20)14-2-3-14/h11-14,16H,1-10H2,(H,25,26)(H,22,23,24). The summed E-state index contributed by atoms with van der Waals surface area (Å²) in [6.07, 6.45) is 13.0. The Balaban J connectivity index is 1.04. The zero-order chi connectivity index (χ0) is 17.8. The molecule has 1 aromatic rings. The fourth-order valence-electron chi connectivity index (χ4n) is 5.71. The first kappa shape index (κ1) is 16.5. The summed E-state index contributed by atoms with van der Waals surface area (Å²) < 4.78 is 12.8. The fourth-order valence-corrected chi connectivity index (χ4v) is 5.71. The van der Waals surface area contributed by atoms with Crippen LogP contribution in [0.25, 0.3) is 0 Å². The number of anilines is 1. The number of aromatic nitrogens is 2. The average Bonchev–Trinajstić information content (AvgIpc) is 3.33. The lowest BCUT2D eigenvalue weighted by Gasteiger charge is -2.58. The van der Waals surface area contributed by atoms with Gasteiger partial charge in [-0.1, -0.05) is 6.42 Å². The zero-order valence-electron chi connectivity index (χ0n) is 15.1. The van der Waals surface area contributed by atoms with Gasteiger partial charge in [-0.05, 0) is 68.6 Å². The minimum absolute atomic E-state index is 0.0178. The smallest absolute Gasteiger partial charge is 0.226 e. The normalized spacial score (nSPS) is 34.3. The van der Waals surface area contributed by atoms with Gasteiger partial charge in [0, 0.05) is 12.6 Å². The van der Waals surface area contributed by atoms with Crippen LogP contribution in [0.3, 0.4) is 0 Å². The molecule has 1 spiro atoms. The quantitative estimate of drug-likeness (QED) is 0.819. The molecule has 2 N–H and O–H groups in total. The third kappa shape index (κ3) is 2.78. The van der Waals surface area contributed by atoms with Gasteiger partial charge in [-0.25, -0.2) is 14.4 Å². The van der Waals surface area contributed by atoms with Crippen molar-refractivity contribution in [3.05, 3.63) is 18.2 Å². The van der Waals surface area contributed by atoms with Gasteiger partial charge in [-0.15, -0.1) is 0 Å². The third-order valence-electron chi connectivity index (χ3n) is 7.36. The minimum atomic E-state index is -0.411. The number of rotatable bonds is 6. The minimum Gasteiger partial charge on any atom is -0.354 e. The Morgan fingerprint density at radius 1 is 1.15 bits per heavy atom. The predicted molar refractivity (Wildman–Crippen MR) is 95.8 cm³/mol. The lowest BCUT2D eigenvalue weighted by Crippen LogP contribution is -2.60. The van der Waals surface area contributed by atoms with Crippen molar-refractivity contribution in [1.29, 1.82) is 0 Å². The first-order valence-corrected chi connectivity index (χ1v) is 10.1. The second-order valence-corrected chi connectivity index (χ2v) is 9.24. The summed E-state index contributed by atoms with van der Waals surface area (Å²) in [6, 6.07) is 0.396. The Kier molecular flexibility index (Phi) is 3.73. The Bertz CT molecular complexity index is 684. The average molecular weight is 358 g/mol. The van der Waals surface area contributed by atoms with E-state index in [1.165, 1.54) is 44.5 Å². The Labute approximate surface area is 153 Å². The molecule has 0 unspecified atom stereocenters. The molecule has 5 nitrogen and oxygen atoms in total. The number of carbonyl (C=O) groups is 1. The van der Waals surface area contributed by atoms with Gasteiger partial charge in [0.05, 0.1) is 17.8 Å². The van der Waals surface area contributed by atoms with E-state index in [-0.39, 0.29) is 5.41 Å². The van der Waals surface area contributed by atoms with Gasteiger partial charge < -0.3 is 10.6 Å². The van der Waals surface area contributed by atoms with Crippen LogP contribution in [0.2, 0.25) is 0 Å². The Hall–Kier alpha value is -1.72. The van der Waals surface area contributed by atoms with E-state index >= 15 is 0 Å². The van der Waals surface area contributed by atoms with Crippen molar-refractivity contribution in [2.24, 2.45) is 22.7 Å². The van der Waals surface area contributed by atoms with E-state index in [0.29, 0.717) is 35.1 Å². The highest BCUT2D eigenvalue weighted by Crippen LogP contribution is 2.60. The topological polar surface area (TPSA) is 66.9 Å². The molecule has 140 valence electrons. The van der Waals surface area contributed by atoms with Crippen LogP contribution < -0.4 is 10.6 Å². The molecule has 1 heterocycles. The lowest BCUT2D eigenvalue weighted by molar-refractivity contribution is -0.142. The number of halogens is 1. The van der Waals surface area contributed by atoms with Crippen molar-refractivity contribution in [2.75, 3.05) is 11.9 Å². The molecule has 0 aliphatic heterocycles. The summed E-state index contributed by atoms with van der Waals surface area (Å²) in [4.78, 5) is 20.6. The zero-order valence-corrected chi connectivity index (χ0v) is 15.1. The Morgan fingerprint density at radius 3 is 2.42 bits per heavy atom. The van der Waals surface area contributed by atoms with Crippen LogP contribution in [0.1, 0.15) is 57.8 Å². The van der Waals surface area contributed by atoms with E-state index in [1.54, 1.807) is 0 Å². The summed E-state index contributed by atoms with van der Waals surface area (Å²) >= 11 is 0. The first-order valence-electron chi connectivity index (χ1n) is 10.1. The molecule has 1 aromatic heterocycles. The van der Waals surface area contributed by atoms with Crippen LogP contribution in [0.15, 0.2) is 12.4 Å². The molecule has 0 saturated heterocycles. The summed E-state index contributed by atoms with van der Waals surface area (Å²) in [6.45, 7) is 0.842. The molecule has 4 fully saturated rings. The second kappa shape index (κ2) is 5.89. The second-order valence-electron chi connectivity index (χ2n) is 9.24. The molecule has 0 bridgehead atoms. The molecule has 4 aliphatic rings. The van der Waals surface area contributed by atoms with Crippen molar-refractivity contribution < 1.29 is 9.18 Å². The molecule has 6 heteroatoms.